The summed E-state index contributed by atoms with van der Waals surface area (Å²) in [5, 5.41) is 10.2. The minimum absolute atomic E-state index is 0.00361. The molecule has 3 nitrogen and oxygen atoms in total. The molecule has 6 atom stereocenters. The Labute approximate surface area is 151 Å². The number of carbonyl (C=O) groups excluding carboxylic acids is 2. The molecule has 4 aliphatic carbocycles. The largest absolute Gasteiger partial charge is 0.395 e. The van der Waals surface area contributed by atoms with Gasteiger partial charge in [0.1, 0.15) is 5.78 Å². The Morgan fingerprint density at radius 3 is 2.52 bits per heavy atom. The lowest BCUT2D eigenvalue weighted by molar-refractivity contribution is -0.146. The van der Waals surface area contributed by atoms with E-state index in [0.717, 1.165) is 44.9 Å². The summed E-state index contributed by atoms with van der Waals surface area (Å²) in [6.07, 6.45) is 9.94. The zero-order valence-corrected chi connectivity index (χ0v) is 15.9. The normalized spacial score (nSPS) is 49.0. The minimum atomic E-state index is -0.526. The molecule has 4 aliphatic rings. The van der Waals surface area contributed by atoms with Crippen molar-refractivity contribution in [2.45, 2.75) is 72.1 Å². The summed E-state index contributed by atoms with van der Waals surface area (Å²) in [6, 6.07) is 0. The van der Waals surface area contributed by atoms with Crippen LogP contribution >= 0.6 is 0 Å². The maximum Gasteiger partial charge on any atom is 0.155 e. The second-order valence-corrected chi connectivity index (χ2v) is 9.76. The van der Waals surface area contributed by atoms with E-state index in [9.17, 15) is 14.7 Å². The third-order valence-corrected chi connectivity index (χ3v) is 9.27. The first-order valence-electron chi connectivity index (χ1n) is 10.1. The highest BCUT2D eigenvalue weighted by Crippen LogP contribution is 2.69. The van der Waals surface area contributed by atoms with Crippen LogP contribution in [0.4, 0.5) is 0 Å². The Bertz CT molecular complexity index is 650. The average Bonchev–Trinajstić information content (AvgIpc) is 2.89. The van der Waals surface area contributed by atoms with Crippen molar-refractivity contribution in [2.24, 2.45) is 34.0 Å². The van der Waals surface area contributed by atoms with E-state index >= 15 is 0 Å². The molecule has 3 fully saturated rings. The van der Waals surface area contributed by atoms with E-state index in [0.29, 0.717) is 30.0 Å². The maximum absolute atomic E-state index is 12.5. The standard InChI is InChI=1S/C22H32O3/c1-14(24)22(13-23)11-8-19-17-5-4-15-12-16(25)6-9-20(15,2)18(17)7-10-21(19,22)3/h12,17-19,23H,4-11,13H2,1-3H3/t17-,18+,19+,20+,21+,22+/m1/s1. The maximum atomic E-state index is 12.5. The van der Waals surface area contributed by atoms with Crippen molar-refractivity contribution >= 4 is 11.6 Å². The summed E-state index contributed by atoms with van der Waals surface area (Å²) < 4.78 is 0. The van der Waals surface area contributed by atoms with Crippen LogP contribution in [0.5, 0.6) is 0 Å². The highest BCUT2D eigenvalue weighted by molar-refractivity contribution is 5.91. The Balaban J connectivity index is 1.70. The lowest BCUT2D eigenvalue weighted by Crippen LogP contribution is -2.55. The molecule has 4 rings (SSSR count). The predicted octanol–water partition coefficient (Wildman–Crippen LogP) is 4.09. The lowest BCUT2D eigenvalue weighted by Gasteiger charge is -2.59. The molecule has 3 saturated carbocycles. The minimum Gasteiger partial charge on any atom is -0.395 e. The second kappa shape index (κ2) is 5.52. The number of rotatable bonds is 2. The first kappa shape index (κ1) is 17.5. The molecule has 0 heterocycles. The number of hydrogen-bond donors (Lipinski definition) is 1. The molecular formula is C22H32O3. The number of fused-ring (bicyclic) bond motifs is 5. The molecule has 0 bridgehead atoms. The van der Waals surface area contributed by atoms with Gasteiger partial charge in [-0.15, -0.1) is 0 Å². The van der Waals surface area contributed by atoms with Gasteiger partial charge in [0, 0.05) is 6.42 Å². The number of aliphatic hydroxyl groups is 1. The smallest absolute Gasteiger partial charge is 0.155 e. The third-order valence-electron chi connectivity index (χ3n) is 9.27. The summed E-state index contributed by atoms with van der Waals surface area (Å²) in [5.74, 6) is 2.31. The number of aliphatic hydroxyl groups excluding tert-OH is 1. The SMILES string of the molecule is CC(=O)[C@@]1(CO)CC[C@H]2[C@@H]3CCC4=CC(=O)CC[C@]4(C)[C@H]3CC[C@@]21C. The average molecular weight is 344 g/mol. The zero-order valence-electron chi connectivity index (χ0n) is 15.9. The number of hydrogen-bond acceptors (Lipinski definition) is 3. The van der Waals surface area contributed by atoms with Crippen LogP contribution in [0.1, 0.15) is 72.1 Å². The molecule has 3 heteroatoms. The van der Waals surface area contributed by atoms with Crippen LogP contribution in [-0.2, 0) is 9.59 Å². The molecule has 138 valence electrons. The number of allylic oxidation sites excluding steroid dienone is 1. The molecule has 0 unspecified atom stereocenters. The lowest BCUT2D eigenvalue weighted by atomic mass is 9.45. The van der Waals surface area contributed by atoms with E-state index in [2.05, 4.69) is 13.8 Å². The van der Waals surface area contributed by atoms with Crippen molar-refractivity contribution in [1.82, 2.24) is 0 Å². The van der Waals surface area contributed by atoms with Crippen LogP contribution in [0.3, 0.4) is 0 Å². The van der Waals surface area contributed by atoms with E-state index in [1.54, 1.807) is 6.92 Å². The molecule has 1 N–H and O–H groups in total. The topological polar surface area (TPSA) is 54.4 Å². The second-order valence-electron chi connectivity index (χ2n) is 9.76. The van der Waals surface area contributed by atoms with Gasteiger partial charge in [-0.1, -0.05) is 19.4 Å². The Kier molecular flexibility index (Phi) is 3.85. The highest BCUT2D eigenvalue weighted by Gasteiger charge is 2.65. The van der Waals surface area contributed by atoms with Crippen LogP contribution < -0.4 is 0 Å². The van der Waals surface area contributed by atoms with Crippen molar-refractivity contribution in [3.63, 3.8) is 0 Å². The molecule has 0 amide bonds. The molecule has 0 radical (unpaired) electrons. The van der Waals surface area contributed by atoms with Crippen molar-refractivity contribution in [2.75, 3.05) is 6.61 Å². The summed E-state index contributed by atoms with van der Waals surface area (Å²) in [4.78, 5) is 24.5. The molecule has 0 aromatic carbocycles. The fourth-order valence-electron chi connectivity index (χ4n) is 7.64. The Morgan fingerprint density at radius 2 is 1.84 bits per heavy atom. The molecule has 0 saturated heterocycles. The van der Waals surface area contributed by atoms with Crippen molar-refractivity contribution in [3.8, 4) is 0 Å². The van der Waals surface area contributed by atoms with E-state index < -0.39 is 5.41 Å². The molecule has 0 aromatic rings. The van der Waals surface area contributed by atoms with Crippen LogP contribution in [0.25, 0.3) is 0 Å². The van der Waals surface area contributed by atoms with Gasteiger partial charge in [0.25, 0.3) is 0 Å². The monoisotopic (exact) mass is 344 g/mol. The van der Waals surface area contributed by atoms with Crippen LogP contribution in [0, 0.1) is 34.0 Å². The Hall–Kier alpha value is -0.960. The van der Waals surface area contributed by atoms with Gasteiger partial charge >= 0.3 is 0 Å². The molecule has 0 aromatic heterocycles. The molecular weight excluding hydrogens is 312 g/mol. The zero-order chi connectivity index (χ0) is 18.0. The number of ketones is 2. The highest BCUT2D eigenvalue weighted by atomic mass is 16.3. The first-order chi connectivity index (χ1) is 11.8. The number of Topliss-reactive ketones (excluding diaryl/α,β-unsaturated/α-hetero) is 1. The van der Waals surface area contributed by atoms with Gasteiger partial charge < -0.3 is 5.11 Å². The van der Waals surface area contributed by atoms with Gasteiger partial charge in [-0.25, -0.2) is 0 Å². The molecule has 25 heavy (non-hydrogen) atoms. The predicted molar refractivity (Wildman–Crippen MR) is 96.9 cm³/mol. The van der Waals surface area contributed by atoms with Crippen molar-refractivity contribution in [1.29, 1.82) is 0 Å². The van der Waals surface area contributed by atoms with Gasteiger partial charge in [-0.05, 0) is 86.5 Å². The summed E-state index contributed by atoms with van der Waals surface area (Å²) in [7, 11) is 0. The van der Waals surface area contributed by atoms with Crippen LogP contribution in [-0.4, -0.2) is 23.3 Å². The quantitative estimate of drug-likeness (QED) is 0.821. The summed E-state index contributed by atoms with van der Waals surface area (Å²) in [5.41, 5.74) is 0.990. The summed E-state index contributed by atoms with van der Waals surface area (Å²) in [6.45, 7) is 6.37. The van der Waals surface area contributed by atoms with Gasteiger partial charge in [-0.2, -0.15) is 0 Å². The first-order valence-corrected chi connectivity index (χ1v) is 10.1. The van der Waals surface area contributed by atoms with Crippen LogP contribution in [0.2, 0.25) is 0 Å². The van der Waals surface area contributed by atoms with Crippen molar-refractivity contribution < 1.29 is 14.7 Å². The van der Waals surface area contributed by atoms with E-state index in [1.165, 1.54) is 5.57 Å². The van der Waals surface area contributed by atoms with Crippen molar-refractivity contribution in [3.05, 3.63) is 11.6 Å². The van der Waals surface area contributed by atoms with Gasteiger partial charge in [0.05, 0.1) is 12.0 Å². The van der Waals surface area contributed by atoms with Gasteiger partial charge in [-0.3, -0.25) is 9.59 Å². The van der Waals surface area contributed by atoms with E-state index in [-0.39, 0.29) is 23.2 Å². The van der Waals surface area contributed by atoms with Crippen LogP contribution in [0.15, 0.2) is 11.6 Å². The van der Waals surface area contributed by atoms with E-state index in [1.807, 2.05) is 6.08 Å². The third kappa shape index (κ3) is 2.08. The molecule has 0 aliphatic heterocycles. The fourth-order valence-corrected chi connectivity index (χ4v) is 7.64. The fraction of sp³-hybridized carbons (Fsp3) is 0.818. The summed E-state index contributed by atoms with van der Waals surface area (Å²) >= 11 is 0. The van der Waals surface area contributed by atoms with E-state index in [4.69, 9.17) is 0 Å². The van der Waals surface area contributed by atoms with Gasteiger partial charge in [0.15, 0.2) is 5.78 Å². The molecule has 0 spiro atoms. The number of carbonyl (C=O) groups is 2. The Morgan fingerprint density at radius 1 is 1.12 bits per heavy atom. The van der Waals surface area contributed by atoms with Gasteiger partial charge in [0.2, 0.25) is 0 Å².